The van der Waals surface area contributed by atoms with E-state index in [1.807, 2.05) is 11.8 Å². The number of carbonyl (C=O) groups is 2. The van der Waals surface area contributed by atoms with Crippen molar-refractivity contribution in [2.45, 2.75) is 65.7 Å². The van der Waals surface area contributed by atoms with Crippen LogP contribution in [-0.4, -0.2) is 18.5 Å². The molecule has 0 fully saturated rings. The lowest BCUT2D eigenvalue weighted by Gasteiger charge is -2.34. The average Bonchev–Trinajstić information content (AvgIpc) is 3.08. The van der Waals surface area contributed by atoms with Crippen molar-refractivity contribution >= 4 is 28.8 Å². The van der Waals surface area contributed by atoms with Gasteiger partial charge in [-0.25, -0.2) is 24.2 Å². The second kappa shape index (κ2) is 9.65. The quantitative estimate of drug-likeness (QED) is 0.354. The number of carbonyl (C=O) groups excluding carboxylic acids is 2. The molecule has 30 heavy (non-hydrogen) atoms. The molecule has 1 aliphatic rings. The van der Waals surface area contributed by atoms with Gasteiger partial charge >= 0.3 is 17.8 Å². The van der Waals surface area contributed by atoms with Crippen molar-refractivity contribution in [1.29, 1.82) is 0 Å². The molecule has 3 rings (SSSR count). The maximum absolute atomic E-state index is 12.7. The zero-order valence-electron chi connectivity index (χ0n) is 17.6. The first-order valence-electron chi connectivity index (χ1n) is 10.4. The van der Waals surface area contributed by atoms with Gasteiger partial charge in [-0.05, 0) is 31.4 Å². The molecule has 8 nitrogen and oxygen atoms in total. The van der Waals surface area contributed by atoms with Gasteiger partial charge in [0.05, 0.1) is 5.57 Å². The molecule has 0 atom stereocenters. The molecule has 0 amide bonds. The lowest BCUT2D eigenvalue weighted by Crippen LogP contribution is -2.31. The summed E-state index contributed by atoms with van der Waals surface area (Å²) in [6, 6.07) is 3.47. The first-order valence-corrected chi connectivity index (χ1v) is 10.4. The summed E-state index contributed by atoms with van der Waals surface area (Å²) in [5.74, 6) is -2.16. The summed E-state index contributed by atoms with van der Waals surface area (Å²) >= 11 is 0. The Morgan fingerprint density at radius 3 is 2.40 bits per heavy atom. The number of hydrogen-bond donors (Lipinski definition) is 0. The molecule has 162 valence electrons. The second-order valence-corrected chi connectivity index (χ2v) is 7.34. The smallest absolute Gasteiger partial charge is 0.391 e. The van der Waals surface area contributed by atoms with E-state index in [4.69, 9.17) is 13.7 Å². The van der Waals surface area contributed by atoms with Crippen LogP contribution in [0.2, 0.25) is 0 Å². The number of hydrogen-bond acceptors (Lipinski definition) is 8. The van der Waals surface area contributed by atoms with E-state index in [0.717, 1.165) is 42.6 Å². The Hall–Kier alpha value is -3.03. The molecule has 0 N–H and O–H groups in total. The first kappa shape index (κ1) is 21.7. The summed E-state index contributed by atoms with van der Waals surface area (Å²) in [5, 5.41) is 0. The average molecular weight is 417 g/mol. The molecule has 0 spiro atoms. The zero-order valence-corrected chi connectivity index (χ0v) is 17.6. The van der Waals surface area contributed by atoms with Gasteiger partial charge in [0.1, 0.15) is 0 Å². The number of nitrogens with zero attached hydrogens (tertiary/aromatic N) is 1. The SMILES string of the molecule is CCCCCCCC1=C(C(=O)OOC(C)=O)Cc2cc3oc(=O)oc3cc2N1CC. The van der Waals surface area contributed by atoms with Crippen LogP contribution in [-0.2, 0) is 25.8 Å². The highest BCUT2D eigenvalue weighted by atomic mass is 17.2. The van der Waals surface area contributed by atoms with Crippen molar-refractivity contribution in [1.82, 2.24) is 0 Å². The van der Waals surface area contributed by atoms with E-state index in [1.165, 1.54) is 13.3 Å². The van der Waals surface area contributed by atoms with Gasteiger partial charge < -0.3 is 13.7 Å². The molecule has 1 aliphatic heterocycles. The number of benzene rings is 1. The van der Waals surface area contributed by atoms with E-state index in [-0.39, 0.29) is 6.42 Å². The first-order chi connectivity index (χ1) is 14.4. The number of anilines is 1. The van der Waals surface area contributed by atoms with E-state index in [2.05, 4.69) is 11.8 Å². The maximum Gasteiger partial charge on any atom is 0.519 e. The van der Waals surface area contributed by atoms with Crippen molar-refractivity contribution in [3.05, 3.63) is 39.6 Å². The number of fused-ring (bicyclic) bond motifs is 2. The van der Waals surface area contributed by atoms with Gasteiger partial charge in [0.15, 0.2) is 11.2 Å². The van der Waals surface area contributed by atoms with Gasteiger partial charge in [0.2, 0.25) is 0 Å². The molecule has 8 heteroatoms. The largest absolute Gasteiger partial charge is 0.519 e. The van der Waals surface area contributed by atoms with Gasteiger partial charge in [0, 0.05) is 37.3 Å². The summed E-state index contributed by atoms with van der Waals surface area (Å²) in [4.78, 5) is 46.5. The number of allylic oxidation sites excluding steroid dienone is 1. The predicted molar refractivity (Wildman–Crippen MR) is 110 cm³/mol. The van der Waals surface area contributed by atoms with Gasteiger partial charge in [-0.1, -0.05) is 32.6 Å². The van der Waals surface area contributed by atoms with E-state index >= 15 is 0 Å². The summed E-state index contributed by atoms with van der Waals surface area (Å²) in [5.41, 5.74) is 3.63. The lowest BCUT2D eigenvalue weighted by atomic mass is 9.93. The van der Waals surface area contributed by atoms with Crippen molar-refractivity contribution in [3.8, 4) is 0 Å². The van der Waals surface area contributed by atoms with Crippen molar-refractivity contribution in [2.24, 2.45) is 0 Å². The fourth-order valence-corrected chi connectivity index (χ4v) is 3.82. The normalized spacial score (nSPS) is 13.5. The minimum atomic E-state index is -0.769. The Morgan fingerprint density at radius 2 is 1.73 bits per heavy atom. The standard InChI is InChI=1S/C22H27NO7/c1-4-6-7-8-9-10-17-16(21(25)30-29-14(3)24)11-15-12-19-20(28-22(26)27-19)13-18(15)23(17)5-2/h12-13H,4-11H2,1-3H3. The summed E-state index contributed by atoms with van der Waals surface area (Å²) < 4.78 is 10.2. The number of rotatable bonds is 8. The fourth-order valence-electron chi connectivity index (χ4n) is 3.82. The molecule has 0 saturated heterocycles. The van der Waals surface area contributed by atoms with Crippen LogP contribution in [0.1, 0.15) is 64.9 Å². The second-order valence-electron chi connectivity index (χ2n) is 7.34. The molecular formula is C22H27NO7. The Balaban J connectivity index is 1.95. The Bertz CT molecular complexity index is 1010. The molecule has 1 aromatic carbocycles. The molecule has 0 unspecified atom stereocenters. The van der Waals surface area contributed by atoms with Crippen LogP contribution in [0.15, 0.2) is 37.0 Å². The van der Waals surface area contributed by atoms with Crippen LogP contribution >= 0.6 is 0 Å². The maximum atomic E-state index is 12.7. The van der Waals surface area contributed by atoms with Crippen LogP contribution in [0.5, 0.6) is 0 Å². The van der Waals surface area contributed by atoms with Gasteiger partial charge in [-0.2, -0.15) is 0 Å². The van der Waals surface area contributed by atoms with Crippen LogP contribution < -0.4 is 10.7 Å². The third-order valence-electron chi connectivity index (χ3n) is 5.18. The molecular weight excluding hydrogens is 390 g/mol. The fraction of sp³-hybridized carbons (Fsp3) is 0.500. The summed E-state index contributed by atoms with van der Waals surface area (Å²) in [7, 11) is 0. The molecule has 0 saturated carbocycles. The van der Waals surface area contributed by atoms with Gasteiger partial charge in [0.25, 0.3) is 0 Å². The molecule has 2 heterocycles. The molecule has 0 radical (unpaired) electrons. The van der Waals surface area contributed by atoms with Crippen molar-refractivity contribution < 1.29 is 28.2 Å². The Kier molecular flexibility index (Phi) is 6.97. The third-order valence-corrected chi connectivity index (χ3v) is 5.18. The summed E-state index contributed by atoms with van der Waals surface area (Å²) in [6.07, 6.45) is 6.43. The Labute approximate surface area is 174 Å². The minimum absolute atomic E-state index is 0.279. The van der Waals surface area contributed by atoms with E-state index in [9.17, 15) is 14.4 Å². The van der Waals surface area contributed by atoms with Crippen molar-refractivity contribution in [3.63, 3.8) is 0 Å². The van der Waals surface area contributed by atoms with Crippen LogP contribution in [0.25, 0.3) is 11.2 Å². The van der Waals surface area contributed by atoms with Crippen LogP contribution in [0.3, 0.4) is 0 Å². The molecule has 0 bridgehead atoms. The summed E-state index contributed by atoms with van der Waals surface area (Å²) in [6.45, 7) is 5.92. The number of unbranched alkanes of at least 4 members (excludes halogenated alkanes) is 4. The predicted octanol–water partition coefficient (Wildman–Crippen LogP) is 4.40. The molecule has 2 aromatic rings. The highest BCUT2D eigenvalue weighted by molar-refractivity contribution is 5.93. The van der Waals surface area contributed by atoms with E-state index < -0.39 is 17.8 Å². The van der Waals surface area contributed by atoms with Crippen LogP contribution in [0, 0.1) is 0 Å². The highest BCUT2D eigenvalue weighted by Gasteiger charge is 2.30. The zero-order chi connectivity index (χ0) is 21.7. The molecule has 0 aliphatic carbocycles. The molecule has 1 aromatic heterocycles. The van der Waals surface area contributed by atoms with E-state index in [1.54, 1.807) is 12.1 Å². The van der Waals surface area contributed by atoms with Gasteiger partial charge in [-0.3, -0.25) is 0 Å². The highest BCUT2D eigenvalue weighted by Crippen LogP contribution is 2.38. The lowest BCUT2D eigenvalue weighted by molar-refractivity contribution is -0.254. The minimum Gasteiger partial charge on any atom is -0.391 e. The van der Waals surface area contributed by atoms with Crippen molar-refractivity contribution in [2.75, 3.05) is 11.4 Å². The topological polar surface area (TPSA) is 99.2 Å². The third kappa shape index (κ3) is 4.75. The monoisotopic (exact) mass is 417 g/mol. The Morgan fingerprint density at radius 1 is 1.03 bits per heavy atom. The van der Waals surface area contributed by atoms with Gasteiger partial charge in [-0.15, -0.1) is 0 Å². The van der Waals surface area contributed by atoms with Crippen LogP contribution in [0.4, 0.5) is 5.69 Å². The van der Waals surface area contributed by atoms with E-state index in [0.29, 0.717) is 29.7 Å².